The van der Waals surface area contributed by atoms with Gasteiger partial charge in [0, 0.05) is 12.1 Å². The molecular formula is C28H33ClN6O4. The summed E-state index contributed by atoms with van der Waals surface area (Å²) >= 11 is 6.52. The summed E-state index contributed by atoms with van der Waals surface area (Å²) in [6.45, 7) is 4.97. The minimum absolute atomic E-state index is 0.0973. The lowest BCUT2D eigenvalue weighted by molar-refractivity contribution is 0.0601. The van der Waals surface area contributed by atoms with Crippen LogP contribution in [-0.2, 0) is 6.54 Å². The van der Waals surface area contributed by atoms with E-state index in [4.69, 9.17) is 31.8 Å². The summed E-state index contributed by atoms with van der Waals surface area (Å²) in [5.74, 6) is 0.815. The van der Waals surface area contributed by atoms with E-state index < -0.39 is 11.7 Å². The summed E-state index contributed by atoms with van der Waals surface area (Å²) in [4.78, 5) is 34.4. The van der Waals surface area contributed by atoms with Crippen LogP contribution in [0.5, 0.6) is 11.6 Å². The van der Waals surface area contributed by atoms with Crippen molar-refractivity contribution in [1.29, 1.82) is 0 Å². The van der Waals surface area contributed by atoms with E-state index in [0.717, 1.165) is 10.1 Å². The Balaban J connectivity index is 1.93. The molecule has 0 aliphatic carbocycles. The lowest BCUT2D eigenvalue weighted by Crippen LogP contribution is -2.43. The third-order valence-corrected chi connectivity index (χ3v) is 6.82. The molecule has 0 bridgehead atoms. The standard InChI is InChI=1S/C28H33ClN6O4/c1-18(2)23(33(16-8-15-30)27(36)20-11-13-21(38-3)14-12-20)25-31-24-22(29)26(39-4)32-35(24)28(37)34(25)17-19-9-6-5-7-10-19/h5-7,9-14,18,23H,8,15-17,30H2,1-4H3/t23-/m1/s1. The summed E-state index contributed by atoms with van der Waals surface area (Å²) in [6, 6.07) is 15.9. The second-order valence-corrected chi connectivity index (χ2v) is 9.82. The number of hydrogen-bond donors (Lipinski definition) is 1. The Morgan fingerprint density at radius 2 is 1.77 bits per heavy atom. The van der Waals surface area contributed by atoms with Crippen LogP contribution in [0.1, 0.15) is 48.1 Å². The third kappa shape index (κ3) is 5.76. The second kappa shape index (κ2) is 12.3. The van der Waals surface area contributed by atoms with Crippen molar-refractivity contribution in [3.63, 3.8) is 0 Å². The average Bonchev–Trinajstić information content (AvgIpc) is 3.28. The van der Waals surface area contributed by atoms with Crippen LogP contribution in [0.15, 0.2) is 59.4 Å². The van der Waals surface area contributed by atoms with Gasteiger partial charge in [0.2, 0.25) is 0 Å². The molecule has 0 unspecified atom stereocenters. The number of benzene rings is 2. The molecule has 0 radical (unpaired) electrons. The SMILES string of the molecule is COc1ccc(C(=O)N(CCCN)[C@@H](c2nc3c(Cl)c(OC)nn3c(=O)n2Cc2ccccc2)C(C)C)cc1. The fourth-order valence-electron chi connectivity index (χ4n) is 4.58. The molecule has 0 fully saturated rings. The van der Waals surface area contributed by atoms with Gasteiger partial charge in [0.1, 0.15) is 16.6 Å². The van der Waals surface area contributed by atoms with E-state index in [1.807, 2.05) is 44.2 Å². The highest BCUT2D eigenvalue weighted by Crippen LogP contribution is 2.32. The summed E-state index contributed by atoms with van der Waals surface area (Å²) < 4.78 is 13.2. The van der Waals surface area contributed by atoms with Crippen molar-refractivity contribution in [2.75, 3.05) is 27.3 Å². The number of rotatable bonds is 11. The number of amides is 1. The van der Waals surface area contributed by atoms with Gasteiger partial charge in [-0.05, 0) is 48.7 Å². The number of aromatic nitrogens is 4. The molecular weight excluding hydrogens is 520 g/mol. The fourth-order valence-corrected chi connectivity index (χ4v) is 4.82. The van der Waals surface area contributed by atoms with Gasteiger partial charge in [-0.1, -0.05) is 55.8 Å². The lowest BCUT2D eigenvalue weighted by atomic mass is 9.99. The highest BCUT2D eigenvalue weighted by Gasteiger charge is 2.33. The predicted octanol–water partition coefficient (Wildman–Crippen LogP) is 3.80. The summed E-state index contributed by atoms with van der Waals surface area (Å²) in [5.41, 5.74) is 6.98. The number of halogens is 1. The zero-order valence-electron chi connectivity index (χ0n) is 22.5. The van der Waals surface area contributed by atoms with E-state index in [-0.39, 0.29) is 34.9 Å². The number of nitrogens with two attached hydrogens (primary N) is 1. The van der Waals surface area contributed by atoms with Crippen LogP contribution in [0.2, 0.25) is 5.02 Å². The minimum atomic E-state index is -0.579. The van der Waals surface area contributed by atoms with Crippen molar-refractivity contribution in [3.8, 4) is 11.6 Å². The number of nitrogens with zero attached hydrogens (tertiary/aromatic N) is 5. The van der Waals surface area contributed by atoms with Crippen molar-refractivity contribution in [1.82, 2.24) is 24.1 Å². The number of carbonyl (C=O) groups is 1. The van der Waals surface area contributed by atoms with Crippen LogP contribution in [-0.4, -0.2) is 57.3 Å². The van der Waals surface area contributed by atoms with Crippen molar-refractivity contribution in [2.45, 2.75) is 32.9 Å². The second-order valence-electron chi connectivity index (χ2n) is 9.44. The highest BCUT2D eigenvalue weighted by atomic mass is 35.5. The monoisotopic (exact) mass is 552 g/mol. The van der Waals surface area contributed by atoms with Crippen LogP contribution >= 0.6 is 11.6 Å². The number of fused-ring (bicyclic) bond motifs is 1. The van der Waals surface area contributed by atoms with Crippen molar-refractivity contribution < 1.29 is 14.3 Å². The van der Waals surface area contributed by atoms with Gasteiger partial charge in [0.15, 0.2) is 5.65 Å². The van der Waals surface area contributed by atoms with Gasteiger partial charge >= 0.3 is 5.69 Å². The number of ether oxygens (including phenoxy) is 2. The third-order valence-electron chi connectivity index (χ3n) is 6.49. The largest absolute Gasteiger partial charge is 0.497 e. The van der Waals surface area contributed by atoms with E-state index in [9.17, 15) is 9.59 Å². The molecule has 2 heterocycles. The quantitative estimate of drug-likeness (QED) is 0.301. The normalized spacial score (nSPS) is 12.1. The Morgan fingerprint density at radius 3 is 2.36 bits per heavy atom. The van der Waals surface area contributed by atoms with Gasteiger partial charge in [-0.3, -0.25) is 9.36 Å². The van der Waals surface area contributed by atoms with E-state index in [1.54, 1.807) is 40.8 Å². The Kier molecular flexibility index (Phi) is 8.88. The summed E-state index contributed by atoms with van der Waals surface area (Å²) in [6.07, 6.45) is 0.567. The van der Waals surface area contributed by atoms with Gasteiger partial charge in [-0.25, -0.2) is 9.78 Å². The molecule has 0 aliphatic rings. The van der Waals surface area contributed by atoms with Crippen LogP contribution < -0.4 is 20.9 Å². The number of hydrogen-bond acceptors (Lipinski definition) is 7. The van der Waals surface area contributed by atoms with Crippen LogP contribution in [0.3, 0.4) is 0 Å². The van der Waals surface area contributed by atoms with E-state index >= 15 is 0 Å². The van der Waals surface area contributed by atoms with Crippen LogP contribution in [0.25, 0.3) is 5.65 Å². The maximum absolute atomic E-state index is 14.0. The molecule has 2 N–H and O–H groups in total. The van der Waals surface area contributed by atoms with E-state index in [2.05, 4.69) is 5.10 Å². The van der Waals surface area contributed by atoms with E-state index in [0.29, 0.717) is 36.6 Å². The first kappa shape index (κ1) is 28.1. The highest BCUT2D eigenvalue weighted by molar-refractivity contribution is 6.34. The molecule has 206 valence electrons. The Bertz CT molecular complexity index is 1480. The van der Waals surface area contributed by atoms with Gasteiger partial charge in [0.25, 0.3) is 11.8 Å². The smallest absolute Gasteiger partial charge is 0.352 e. The van der Waals surface area contributed by atoms with Crippen molar-refractivity contribution >= 4 is 23.2 Å². The van der Waals surface area contributed by atoms with Gasteiger partial charge < -0.3 is 20.1 Å². The first-order chi connectivity index (χ1) is 18.8. The fraction of sp³-hybridized carbons (Fsp3) is 0.357. The topological polar surface area (TPSA) is 117 Å². The van der Waals surface area contributed by atoms with E-state index in [1.165, 1.54) is 7.11 Å². The van der Waals surface area contributed by atoms with Gasteiger partial charge in [0.05, 0.1) is 26.8 Å². The van der Waals surface area contributed by atoms with Gasteiger partial charge in [-0.15, -0.1) is 5.10 Å². The summed E-state index contributed by atoms with van der Waals surface area (Å²) in [7, 11) is 3.00. The molecule has 4 rings (SSSR count). The maximum atomic E-state index is 14.0. The maximum Gasteiger partial charge on any atom is 0.352 e. The molecule has 10 nitrogen and oxygen atoms in total. The molecule has 0 aliphatic heterocycles. The molecule has 0 saturated carbocycles. The van der Waals surface area contributed by atoms with Gasteiger partial charge in [-0.2, -0.15) is 4.52 Å². The zero-order valence-corrected chi connectivity index (χ0v) is 23.3. The molecule has 2 aromatic heterocycles. The zero-order chi connectivity index (χ0) is 28.1. The minimum Gasteiger partial charge on any atom is -0.497 e. The molecule has 39 heavy (non-hydrogen) atoms. The lowest BCUT2D eigenvalue weighted by Gasteiger charge is -2.35. The molecule has 2 aromatic carbocycles. The molecule has 1 amide bonds. The summed E-state index contributed by atoms with van der Waals surface area (Å²) in [5, 5.41) is 4.35. The molecule has 11 heteroatoms. The Labute approximate surface area is 231 Å². The molecule has 0 spiro atoms. The number of carbonyl (C=O) groups excluding carboxylic acids is 1. The first-order valence-corrected chi connectivity index (χ1v) is 13.1. The average molecular weight is 553 g/mol. The molecule has 0 saturated heterocycles. The predicted molar refractivity (Wildman–Crippen MR) is 150 cm³/mol. The van der Waals surface area contributed by atoms with Crippen molar-refractivity contribution in [3.05, 3.63) is 87.1 Å². The van der Waals surface area contributed by atoms with Crippen molar-refractivity contribution in [2.24, 2.45) is 11.7 Å². The van der Waals surface area contributed by atoms with Crippen LogP contribution in [0, 0.1) is 5.92 Å². The number of methoxy groups -OCH3 is 2. The Hall–Kier alpha value is -3.89. The molecule has 4 aromatic rings. The Morgan fingerprint density at radius 1 is 1.08 bits per heavy atom. The molecule has 1 atom stereocenters. The first-order valence-electron chi connectivity index (χ1n) is 12.7. The van der Waals surface area contributed by atoms with Crippen LogP contribution in [0.4, 0.5) is 0 Å².